The van der Waals surface area contributed by atoms with Crippen molar-refractivity contribution in [3.8, 4) is 17.0 Å². The first-order valence-corrected chi connectivity index (χ1v) is 13.9. The normalized spacial score (nSPS) is 12.4. The number of hydrogen-bond acceptors (Lipinski definition) is 7. The number of ether oxygens (including phenoxy) is 1. The summed E-state index contributed by atoms with van der Waals surface area (Å²) in [6.45, 7) is 4.06. The van der Waals surface area contributed by atoms with Gasteiger partial charge in [0.05, 0.1) is 17.5 Å². The second kappa shape index (κ2) is 11.7. The fraction of sp³-hybridized carbons (Fsp3) is 0.276. The maximum absolute atomic E-state index is 13.7. The van der Waals surface area contributed by atoms with Gasteiger partial charge >= 0.3 is 0 Å². The van der Waals surface area contributed by atoms with Crippen LogP contribution in [0, 0.1) is 6.92 Å². The highest BCUT2D eigenvalue weighted by Crippen LogP contribution is 2.33. The molecular formula is C29H31N3O5S. The number of sulfone groups is 1. The molecule has 0 aliphatic heterocycles. The molecule has 8 nitrogen and oxygen atoms in total. The second-order valence-corrected chi connectivity index (χ2v) is 11.0. The molecule has 0 saturated carbocycles. The van der Waals surface area contributed by atoms with E-state index < -0.39 is 32.2 Å². The van der Waals surface area contributed by atoms with Gasteiger partial charge in [-0.05, 0) is 48.2 Å². The Balaban J connectivity index is 1.86. The van der Waals surface area contributed by atoms with Gasteiger partial charge in [0.1, 0.15) is 5.82 Å². The molecule has 2 heterocycles. The number of benzene rings is 2. The van der Waals surface area contributed by atoms with Gasteiger partial charge < -0.3 is 9.84 Å². The predicted molar refractivity (Wildman–Crippen MR) is 145 cm³/mol. The Morgan fingerprint density at radius 1 is 1.03 bits per heavy atom. The second-order valence-electron chi connectivity index (χ2n) is 9.12. The predicted octanol–water partition coefficient (Wildman–Crippen LogP) is 4.73. The first kappa shape index (κ1) is 27.2. The molecule has 9 heteroatoms. The average molecular weight is 534 g/mol. The van der Waals surface area contributed by atoms with Gasteiger partial charge in [-0.2, -0.15) is 4.98 Å². The first-order chi connectivity index (χ1) is 18.3. The number of methoxy groups -OCH3 is 1. The van der Waals surface area contributed by atoms with Crippen LogP contribution in [-0.2, 0) is 21.0 Å². The quantitative estimate of drug-likeness (QED) is 0.314. The van der Waals surface area contributed by atoms with Gasteiger partial charge in [0.15, 0.2) is 4.90 Å². The molecule has 0 aliphatic carbocycles. The molecule has 0 bridgehead atoms. The molecule has 4 aromatic rings. The summed E-state index contributed by atoms with van der Waals surface area (Å²) in [6.07, 6.45) is 5.37. The fourth-order valence-electron chi connectivity index (χ4n) is 4.43. The summed E-state index contributed by atoms with van der Waals surface area (Å²) in [4.78, 5) is 20.6. The zero-order valence-corrected chi connectivity index (χ0v) is 22.5. The van der Waals surface area contributed by atoms with Crippen molar-refractivity contribution in [2.45, 2.75) is 48.9 Å². The molecule has 38 heavy (non-hydrogen) atoms. The molecule has 0 aliphatic rings. The summed E-state index contributed by atoms with van der Waals surface area (Å²) in [6, 6.07) is 16.8. The number of unbranched alkanes of at least 4 members (excludes halogenated alkanes) is 1. The fourth-order valence-corrected chi connectivity index (χ4v) is 5.78. The summed E-state index contributed by atoms with van der Waals surface area (Å²) >= 11 is 0. The van der Waals surface area contributed by atoms with Crippen molar-refractivity contribution < 1.29 is 18.3 Å². The molecule has 0 fully saturated rings. The van der Waals surface area contributed by atoms with Crippen molar-refractivity contribution in [2.75, 3.05) is 13.7 Å². The van der Waals surface area contributed by atoms with E-state index in [1.165, 1.54) is 23.8 Å². The van der Waals surface area contributed by atoms with Crippen LogP contribution in [0.4, 0.5) is 0 Å². The number of aryl methyl sites for hydroxylation is 2. The number of aromatic hydroxyl groups is 1. The minimum absolute atomic E-state index is 0.119. The Hall–Kier alpha value is -3.82. The Labute approximate surface area is 222 Å². The number of nitrogens with zero attached hydrogens (tertiary/aromatic N) is 3. The van der Waals surface area contributed by atoms with Gasteiger partial charge in [-0.3, -0.25) is 14.3 Å². The van der Waals surface area contributed by atoms with E-state index in [2.05, 4.69) is 9.97 Å². The Morgan fingerprint density at radius 3 is 2.37 bits per heavy atom. The van der Waals surface area contributed by atoms with E-state index in [0.717, 1.165) is 28.7 Å². The molecule has 0 saturated heterocycles. The average Bonchev–Trinajstić information content (AvgIpc) is 2.91. The zero-order chi connectivity index (χ0) is 27.3. The first-order valence-electron chi connectivity index (χ1n) is 12.4. The number of rotatable bonds is 10. The number of pyridine rings is 1. The van der Waals surface area contributed by atoms with Crippen molar-refractivity contribution >= 4 is 9.84 Å². The molecule has 1 atom stereocenters. The van der Waals surface area contributed by atoms with Crippen LogP contribution < -0.4 is 5.56 Å². The van der Waals surface area contributed by atoms with Crippen molar-refractivity contribution in [3.05, 3.63) is 100 Å². The van der Waals surface area contributed by atoms with Crippen LogP contribution >= 0.6 is 0 Å². The van der Waals surface area contributed by atoms with Gasteiger partial charge in [0.25, 0.3) is 5.56 Å². The maximum Gasteiger partial charge on any atom is 0.296 e. The van der Waals surface area contributed by atoms with Crippen molar-refractivity contribution in [1.29, 1.82) is 0 Å². The molecule has 1 N–H and O–H groups in total. The van der Waals surface area contributed by atoms with E-state index in [-0.39, 0.29) is 11.5 Å². The Kier molecular flexibility index (Phi) is 8.38. The monoisotopic (exact) mass is 533 g/mol. The summed E-state index contributed by atoms with van der Waals surface area (Å²) in [7, 11) is -2.87. The van der Waals surface area contributed by atoms with Crippen molar-refractivity contribution in [2.24, 2.45) is 0 Å². The number of aromatic nitrogens is 3. The lowest BCUT2D eigenvalue weighted by Crippen LogP contribution is -2.29. The van der Waals surface area contributed by atoms with E-state index in [0.29, 0.717) is 18.7 Å². The smallest absolute Gasteiger partial charge is 0.296 e. The van der Waals surface area contributed by atoms with Gasteiger partial charge in [-0.1, -0.05) is 55.8 Å². The van der Waals surface area contributed by atoms with E-state index in [1.54, 1.807) is 24.5 Å². The summed E-state index contributed by atoms with van der Waals surface area (Å²) in [5.74, 6) is -0.338. The van der Waals surface area contributed by atoms with Gasteiger partial charge in [-0.25, -0.2) is 8.42 Å². The van der Waals surface area contributed by atoms with Gasteiger partial charge in [0.2, 0.25) is 15.7 Å². The molecule has 198 valence electrons. The lowest BCUT2D eigenvalue weighted by Gasteiger charge is -2.25. The van der Waals surface area contributed by atoms with Crippen molar-refractivity contribution in [1.82, 2.24) is 14.5 Å². The van der Waals surface area contributed by atoms with Crippen LogP contribution in [0.1, 0.15) is 42.8 Å². The molecule has 0 amide bonds. The van der Waals surface area contributed by atoms with Crippen molar-refractivity contribution in [3.63, 3.8) is 0 Å². The molecule has 0 radical (unpaired) electrons. The highest BCUT2D eigenvalue weighted by Gasteiger charge is 2.32. The molecule has 4 rings (SSSR count). The van der Waals surface area contributed by atoms with Crippen LogP contribution in [0.5, 0.6) is 5.88 Å². The van der Waals surface area contributed by atoms with E-state index in [1.807, 2.05) is 50.2 Å². The Morgan fingerprint density at radius 2 is 1.74 bits per heavy atom. The minimum Gasteiger partial charge on any atom is -0.493 e. The number of hydrogen-bond donors (Lipinski definition) is 1. The standard InChI is InChI=1S/C29H31N3O5S/c1-4-5-11-26-31-28(33)27(29(34)32(26)25(19-37-3)22-9-7-6-8-10-22)38(35,36)24-14-12-21(13-15-24)23-16-20(2)17-30-18-23/h6-10,12-18,25,34H,4-5,11,19H2,1-3H3/t25-/m0/s1. The zero-order valence-electron chi connectivity index (χ0n) is 21.7. The van der Waals surface area contributed by atoms with Crippen LogP contribution in [-0.4, -0.2) is 41.8 Å². The van der Waals surface area contributed by atoms with Gasteiger partial charge in [0, 0.05) is 31.5 Å². The molecular weight excluding hydrogens is 502 g/mol. The highest BCUT2D eigenvalue weighted by atomic mass is 32.2. The maximum atomic E-state index is 13.7. The Bertz CT molecular complexity index is 1570. The van der Waals surface area contributed by atoms with Crippen LogP contribution in [0.15, 0.2) is 87.6 Å². The lowest BCUT2D eigenvalue weighted by molar-refractivity contribution is 0.161. The third-order valence-corrected chi connectivity index (χ3v) is 8.14. The summed E-state index contributed by atoms with van der Waals surface area (Å²) in [5, 5.41) is 11.4. The summed E-state index contributed by atoms with van der Waals surface area (Å²) < 4.78 is 34.3. The van der Waals surface area contributed by atoms with Crippen LogP contribution in [0.25, 0.3) is 11.1 Å². The topological polar surface area (TPSA) is 111 Å². The molecule has 2 aromatic carbocycles. The van der Waals surface area contributed by atoms with E-state index >= 15 is 0 Å². The molecule has 0 unspecified atom stereocenters. The van der Waals surface area contributed by atoms with E-state index in [4.69, 9.17) is 4.74 Å². The minimum atomic E-state index is -4.40. The highest BCUT2D eigenvalue weighted by molar-refractivity contribution is 7.91. The largest absolute Gasteiger partial charge is 0.493 e. The third-order valence-electron chi connectivity index (χ3n) is 6.35. The summed E-state index contributed by atoms with van der Waals surface area (Å²) in [5.41, 5.74) is 2.39. The third kappa shape index (κ3) is 5.54. The molecule has 0 spiro atoms. The van der Waals surface area contributed by atoms with Gasteiger partial charge in [-0.15, -0.1) is 0 Å². The van der Waals surface area contributed by atoms with Crippen LogP contribution in [0.3, 0.4) is 0 Å². The SMILES string of the molecule is CCCCc1nc(=O)c(S(=O)(=O)c2ccc(-c3cncc(C)c3)cc2)c(O)n1[C@@H](COC)c1ccccc1. The van der Waals surface area contributed by atoms with Crippen LogP contribution in [0.2, 0.25) is 0 Å². The van der Waals surface area contributed by atoms with E-state index in [9.17, 15) is 18.3 Å². The lowest BCUT2D eigenvalue weighted by atomic mass is 10.1. The molecule has 2 aromatic heterocycles.